The van der Waals surface area contributed by atoms with E-state index < -0.39 is 11.7 Å². The number of nitrogens with one attached hydrogen (secondary N) is 1. The van der Waals surface area contributed by atoms with Crippen LogP contribution in [0.4, 0.5) is 15.0 Å². The van der Waals surface area contributed by atoms with Crippen LogP contribution in [0, 0.1) is 12.7 Å². The Morgan fingerprint density at radius 3 is 2.63 bits per heavy atom. The summed E-state index contributed by atoms with van der Waals surface area (Å²) in [6.45, 7) is 11.7. The van der Waals surface area contributed by atoms with Gasteiger partial charge in [-0.3, -0.25) is 4.79 Å². The van der Waals surface area contributed by atoms with Crippen molar-refractivity contribution in [2.24, 2.45) is 0 Å². The lowest BCUT2D eigenvalue weighted by Gasteiger charge is -2.40. The summed E-state index contributed by atoms with van der Waals surface area (Å²) in [6, 6.07) is 6.96. The predicted molar refractivity (Wildman–Crippen MR) is 138 cm³/mol. The number of benzene rings is 1. The summed E-state index contributed by atoms with van der Waals surface area (Å²) in [4.78, 5) is 33.7. The van der Waals surface area contributed by atoms with E-state index in [-0.39, 0.29) is 17.8 Å². The minimum Gasteiger partial charge on any atom is -0.444 e. The number of halogens is 2. The molecule has 1 aromatic heterocycles. The van der Waals surface area contributed by atoms with Crippen LogP contribution in [0.5, 0.6) is 0 Å². The number of rotatable bonds is 6. The first-order chi connectivity index (χ1) is 16.4. The Morgan fingerprint density at radius 2 is 2.00 bits per heavy atom. The number of anilines is 1. The highest BCUT2D eigenvalue weighted by atomic mass is 79.9. The molecule has 3 rings (SSSR count). The second kappa shape index (κ2) is 11.4. The Balaban J connectivity index is 1.66. The van der Waals surface area contributed by atoms with Gasteiger partial charge in [0.25, 0.3) is 5.91 Å². The third-order valence-electron chi connectivity index (χ3n) is 5.83. The van der Waals surface area contributed by atoms with E-state index in [1.165, 1.54) is 12.3 Å². The predicted octanol–water partition coefficient (Wildman–Crippen LogP) is 5.10. The van der Waals surface area contributed by atoms with Gasteiger partial charge in [-0.2, -0.15) is 0 Å². The average molecular weight is 549 g/mol. The van der Waals surface area contributed by atoms with Crippen molar-refractivity contribution < 1.29 is 18.7 Å². The van der Waals surface area contributed by atoms with Gasteiger partial charge in [0.05, 0.1) is 6.20 Å². The SMILES string of the molecule is Cc1cc(CCCNC(=O)OC(C)(C)C)c(C(=O)N2CCN(c3ccc(F)cn3)C[C@@H]2C)cc1Br. The third kappa shape index (κ3) is 7.40. The third-order valence-corrected chi connectivity index (χ3v) is 6.68. The van der Waals surface area contributed by atoms with Crippen LogP contribution < -0.4 is 10.2 Å². The maximum Gasteiger partial charge on any atom is 0.407 e. The summed E-state index contributed by atoms with van der Waals surface area (Å²) in [6.07, 6.45) is 2.10. The van der Waals surface area contributed by atoms with E-state index in [0.717, 1.165) is 15.6 Å². The van der Waals surface area contributed by atoms with Gasteiger partial charge in [0.1, 0.15) is 17.2 Å². The minimum absolute atomic E-state index is 0.0139. The number of aromatic nitrogens is 1. The lowest BCUT2D eigenvalue weighted by Crippen LogP contribution is -2.54. The molecule has 2 aromatic rings. The van der Waals surface area contributed by atoms with E-state index in [1.54, 1.807) is 6.07 Å². The molecule has 7 nitrogen and oxygen atoms in total. The first kappa shape index (κ1) is 26.9. The van der Waals surface area contributed by atoms with E-state index in [9.17, 15) is 14.0 Å². The standard InChI is InChI=1S/C26H34BrFN4O3/c1-17-13-19(7-6-10-29-25(34)35-26(3,4)5)21(14-22(17)27)24(33)32-12-11-31(16-18(32)2)23-9-8-20(28)15-30-23/h8-9,13-15,18H,6-7,10-12,16H2,1-5H3,(H,29,34)/t18-/m0/s1. The monoisotopic (exact) mass is 548 g/mol. The number of carbonyl (C=O) groups excluding carboxylic acids is 2. The number of aryl methyl sites for hydroxylation is 2. The highest BCUT2D eigenvalue weighted by Gasteiger charge is 2.30. The molecule has 1 aliphatic heterocycles. The van der Waals surface area contributed by atoms with Crippen LogP contribution in [0.15, 0.2) is 34.9 Å². The molecule has 2 heterocycles. The largest absolute Gasteiger partial charge is 0.444 e. The zero-order valence-electron chi connectivity index (χ0n) is 21.0. The molecular formula is C26H34BrFN4O3. The molecule has 1 aliphatic rings. The first-order valence-electron chi connectivity index (χ1n) is 11.9. The van der Waals surface area contributed by atoms with Crippen molar-refractivity contribution in [2.45, 2.75) is 59.1 Å². The number of ether oxygens (including phenoxy) is 1. The molecule has 0 spiro atoms. The normalized spacial score (nSPS) is 16.3. The molecule has 0 radical (unpaired) electrons. The fraction of sp³-hybridized carbons (Fsp3) is 0.500. The van der Waals surface area contributed by atoms with Gasteiger partial charge < -0.3 is 19.9 Å². The van der Waals surface area contributed by atoms with Gasteiger partial charge in [-0.25, -0.2) is 14.2 Å². The van der Waals surface area contributed by atoms with Crippen molar-refractivity contribution >= 4 is 33.7 Å². The van der Waals surface area contributed by atoms with E-state index in [2.05, 4.69) is 31.1 Å². The van der Waals surface area contributed by atoms with Crippen LogP contribution in [0.3, 0.4) is 0 Å². The van der Waals surface area contributed by atoms with Crippen LogP contribution >= 0.6 is 15.9 Å². The van der Waals surface area contributed by atoms with Crippen molar-refractivity contribution in [3.05, 3.63) is 57.4 Å². The molecule has 0 bridgehead atoms. The number of alkyl carbamates (subject to hydrolysis) is 1. The Morgan fingerprint density at radius 1 is 1.26 bits per heavy atom. The van der Waals surface area contributed by atoms with Crippen LogP contribution in [0.1, 0.15) is 55.6 Å². The van der Waals surface area contributed by atoms with Gasteiger partial charge in [-0.1, -0.05) is 22.0 Å². The minimum atomic E-state index is -0.542. The summed E-state index contributed by atoms with van der Waals surface area (Å²) in [5.41, 5.74) is 2.13. The second-order valence-corrected chi connectivity index (χ2v) is 10.8. The smallest absolute Gasteiger partial charge is 0.407 e. The summed E-state index contributed by atoms with van der Waals surface area (Å²) in [7, 11) is 0. The van der Waals surface area contributed by atoms with Crippen molar-refractivity contribution in [3.8, 4) is 0 Å². The highest BCUT2D eigenvalue weighted by molar-refractivity contribution is 9.10. The van der Waals surface area contributed by atoms with Gasteiger partial charge in [0.15, 0.2) is 0 Å². The molecular weight excluding hydrogens is 515 g/mol. The number of amides is 2. The Bertz CT molecular complexity index is 1060. The molecule has 0 aliphatic carbocycles. The van der Waals surface area contributed by atoms with Crippen LogP contribution in [0.25, 0.3) is 0 Å². The molecule has 190 valence electrons. The van der Waals surface area contributed by atoms with Crippen LogP contribution in [-0.2, 0) is 11.2 Å². The van der Waals surface area contributed by atoms with Crippen molar-refractivity contribution in [3.63, 3.8) is 0 Å². The van der Waals surface area contributed by atoms with E-state index in [1.807, 2.05) is 51.7 Å². The number of nitrogens with zero attached hydrogens (tertiary/aromatic N) is 3. The zero-order chi connectivity index (χ0) is 25.8. The molecule has 0 unspecified atom stereocenters. The van der Waals surface area contributed by atoms with Gasteiger partial charge in [0, 0.05) is 42.3 Å². The maximum absolute atomic E-state index is 13.6. The molecule has 1 saturated heterocycles. The lowest BCUT2D eigenvalue weighted by atomic mass is 9.98. The number of carbonyl (C=O) groups is 2. The van der Waals surface area contributed by atoms with Crippen LogP contribution in [-0.4, -0.2) is 59.7 Å². The van der Waals surface area contributed by atoms with Gasteiger partial charge in [-0.05, 0) is 76.8 Å². The summed E-state index contributed by atoms with van der Waals surface area (Å²) in [5, 5.41) is 2.78. The van der Waals surface area contributed by atoms with Crippen molar-refractivity contribution in [1.29, 1.82) is 0 Å². The number of pyridine rings is 1. The van der Waals surface area contributed by atoms with E-state index in [0.29, 0.717) is 50.4 Å². The van der Waals surface area contributed by atoms with Crippen molar-refractivity contribution in [1.82, 2.24) is 15.2 Å². The van der Waals surface area contributed by atoms with Gasteiger partial charge in [-0.15, -0.1) is 0 Å². The highest BCUT2D eigenvalue weighted by Crippen LogP contribution is 2.26. The molecule has 1 fully saturated rings. The zero-order valence-corrected chi connectivity index (χ0v) is 22.6. The number of hydrogen-bond acceptors (Lipinski definition) is 5. The molecule has 1 N–H and O–H groups in total. The van der Waals surface area contributed by atoms with Crippen molar-refractivity contribution in [2.75, 3.05) is 31.1 Å². The molecule has 1 atom stereocenters. The molecule has 35 heavy (non-hydrogen) atoms. The first-order valence-corrected chi connectivity index (χ1v) is 12.7. The topological polar surface area (TPSA) is 74.8 Å². The Kier molecular flexibility index (Phi) is 8.74. The van der Waals surface area contributed by atoms with E-state index >= 15 is 0 Å². The lowest BCUT2D eigenvalue weighted by molar-refractivity contribution is 0.0526. The summed E-state index contributed by atoms with van der Waals surface area (Å²) in [5.74, 6) is 0.330. The molecule has 1 aromatic carbocycles. The quantitative estimate of drug-likeness (QED) is 0.508. The van der Waals surface area contributed by atoms with Gasteiger partial charge in [0.2, 0.25) is 0 Å². The molecule has 2 amide bonds. The Hall–Kier alpha value is -2.68. The van der Waals surface area contributed by atoms with Crippen LogP contribution in [0.2, 0.25) is 0 Å². The Labute approximate surface area is 215 Å². The fourth-order valence-electron chi connectivity index (χ4n) is 4.11. The average Bonchev–Trinajstić information content (AvgIpc) is 2.77. The summed E-state index contributed by atoms with van der Waals surface area (Å²) >= 11 is 3.57. The number of hydrogen-bond donors (Lipinski definition) is 1. The second-order valence-electron chi connectivity index (χ2n) is 9.92. The molecule has 9 heteroatoms. The molecule has 0 saturated carbocycles. The maximum atomic E-state index is 13.6. The summed E-state index contributed by atoms with van der Waals surface area (Å²) < 4.78 is 19.4. The fourth-order valence-corrected chi connectivity index (χ4v) is 4.45. The van der Waals surface area contributed by atoms with E-state index in [4.69, 9.17) is 4.74 Å². The van der Waals surface area contributed by atoms with Gasteiger partial charge >= 0.3 is 6.09 Å². The number of piperazine rings is 1.